The van der Waals surface area contributed by atoms with E-state index in [1.165, 1.54) is 23.9 Å². The molecule has 0 unspecified atom stereocenters. The van der Waals surface area contributed by atoms with Crippen molar-refractivity contribution in [1.29, 1.82) is 0 Å². The van der Waals surface area contributed by atoms with Gasteiger partial charge in [-0.2, -0.15) is 0 Å². The van der Waals surface area contributed by atoms with Crippen molar-refractivity contribution in [3.8, 4) is 0 Å². The summed E-state index contributed by atoms with van der Waals surface area (Å²) in [5.74, 6) is -0.184. The van der Waals surface area contributed by atoms with Crippen molar-refractivity contribution in [3.05, 3.63) is 57.0 Å². The monoisotopic (exact) mass is 294 g/mol. The second kappa shape index (κ2) is 5.85. The van der Waals surface area contributed by atoms with Gasteiger partial charge in [-0.15, -0.1) is 23.1 Å². The van der Waals surface area contributed by atoms with Crippen molar-refractivity contribution in [2.24, 2.45) is 5.73 Å². The van der Waals surface area contributed by atoms with Gasteiger partial charge in [0.2, 0.25) is 5.91 Å². The second-order valence-electron chi connectivity index (χ2n) is 3.69. The Morgan fingerprint density at radius 2 is 2.21 bits per heavy atom. The third-order valence-corrected chi connectivity index (χ3v) is 4.61. The van der Waals surface area contributed by atoms with Gasteiger partial charge in [0.05, 0.1) is 9.13 Å². The molecule has 1 heterocycles. The normalized spacial score (nSPS) is 10.3. The summed E-state index contributed by atoms with van der Waals surface area (Å²) in [6.07, 6.45) is 0. The van der Waals surface area contributed by atoms with Crippen LogP contribution >= 0.6 is 23.1 Å². The molecule has 0 spiro atoms. The van der Waals surface area contributed by atoms with Crippen LogP contribution in [0.1, 0.15) is 15.9 Å². The summed E-state index contributed by atoms with van der Waals surface area (Å²) in [5.41, 5.74) is 5.78. The van der Waals surface area contributed by atoms with Gasteiger partial charge in [-0.25, -0.2) is 0 Å². The lowest BCUT2D eigenvalue weighted by Gasteiger charge is -2.03. The maximum Gasteiger partial charge on any atom is 0.274 e. The number of carbonyl (C=O) groups is 1. The molecule has 1 aromatic carbocycles. The first kappa shape index (κ1) is 13.6. The van der Waals surface area contributed by atoms with Crippen LogP contribution in [-0.4, -0.2) is 10.8 Å². The maximum atomic E-state index is 11.0. The van der Waals surface area contributed by atoms with Crippen LogP contribution in [0.2, 0.25) is 0 Å². The Morgan fingerprint density at radius 1 is 1.42 bits per heavy atom. The van der Waals surface area contributed by atoms with Gasteiger partial charge in [0.1, 0.15) is 0 Å². The molecule has 0 radical (unpaired) electrons. The van der Waals surface area contributed by atoms with Crippen LogP contribution in [0.5, 0.6) is 0 Å². The lowest BCUT2D eigenvalue weighted by molar-refractivity contribution is -0.385. The number of amides is 1. The number of benzene rings is 1. The summed E-state index contributed by atoms with van der Waals surface area (Å²) in [7, 11) is 0. The van der Waals surface area contributed by atoms with Crippen LogP contribution in [0.3, 0.4) is 0 Å². The topological polar surface area (TPSA) is 86.2 Å². The second-order valence-corrected chi connectivity index (χ2v) is 5.91. The Labute approximate surface area is 117 Å². The van der Waals surface area contributed by atoms with E-state index in [4.69, 9.17) is 5.73 Å². The first-order valence-corrected chi connectivity index (χ1v) is 7.18. The van der Waals surface area contributed by atoms with E-state index >= 15 is 0 Å². The van der Waals surface area contributed by atoms with Crippen molar-refractivity contribution in [2.45, 2.75) is 9.96 Å². The van der Waals surface area contributed by atoms with Crippen LogP contribution in [-0.2, 0) is 5.75 Å². The van der Waals surface area contributed by atoms with E-state index in [1.807, 2.05) is 17.5 Å². The number of nitrogens with zero attached hydrogens (tertiary/aromatic N) is 1. The predicted molar refractivity (Wildman–Crippen MR) is 75.5 cm³/mol. The van der Waals surface area contributed by atoms with Gasteiger partial charge in [-0.1, -0.05) is 12.1 Å². The molecule has 0 aliphatic heterocycles. The third-order valence-electron chi connectivity index (χ3n) is 2.43. The van der Waals surface area contributed by atoms with Crippen molar-refractivity contribution in [2.75, 3.05) is 0 Å². The highest BCUT2D eigenvalue weighted by Crippen LogP contribution is 2.31. The highest BCUT2D eigenvalue weighted by molar-refractivity contribution is 8.00. The van der Waals surface area contributed by atoms with Gasteiger partial charge < -0.3 is 5.73 Å². The smallest absolute Gasteiger partial charge is 0.274 e. The zero-order valence-electron chi connectivity index (χ0n) is 9.74. The first-order chi connectivity index (χ1) is 9.08. The Morgan fingerprint density at radius 3 is 2.79 bits per heavy atom. The first-order valence-electron chi connectivity index (χ1n) is 5.31. The lowest BCUT2D eigenvalue weighted by Crippen LogP contribution is -2.11. The molecule has 0 saturated carbocycles. The van der Waals surface area contributed by atoms with Crippen molar-refractivity contribution in [3.63, 3.8) is 0 Å². The van der Waals surface area contributed by atoms with Crippen molar-refractivity contribution in [1.82, 2.24) is 0 Å². The number of hydrogen-bond donors (Lipinski definition) is 1. The minimum atomic E-state index is -0.666. The highest BCUT2D eigenvalue weighted by atomic mass is 32.2. The van der Waals surface area contributed by atoms with E-state index < -0.39 is 10.8 Å². The Hall–Kier alpha value is -1.86. The molecular formula is C12H10N2O3S2. The molecule has 0 fully saturated rings. The molecule has 0 saturated heterocycles. The molecule has 1 amide bonds. The molecule has 19 heavy (non-hydrogen) atoms. The number of nitro groups is 1. The highest BCUT2D eigenvalue weighted by Gasteiger charge is 2.16. The number of primary amides is 1. The Kier molecular flexibility index (Phi) is 4.18. The van der Waals surface area contributed by atoms with E-state index in [2.05, 4.69) is 0 Å². The van der Waals surface area contributed by atoms with Gasteiger partial charge in [0.15, 0.2) is 0 Å². The predicted octanol–water partition coefficient (Wildman–Crippen LogP) is 3.05. The van der Waals surface area contributed by atoms with E-state index in [0.29, 0.717) is 11.3 Å². The summed E-state index contributed by atoms with van der Waals surface area (Å²) in [4.78, 5) is 21.5. The van der Waals surface area contributed by atoms with Crippen molar-refractivity contribution >= 4 is 34.7 Å². The van der Waals surface area contributed by atoms with Crippen LogP contribution in [0.4, 0.5) is 5.69 Å². The Balaban J connectivity index is 2.24. The molecule has 0 bridgehead atoms. The van der Waals surface area contributed by atoms with E-state index in [0.717, 1.165) is 4.21 Å². The van der Waals surface area contributed by atoms with Gasteiger partial charge in [0, 0.05) is 22.9 Å². The standard InChI is InChI=1S/C12H10N2O3S2/c13-12(15)8-3-4-9(10(6-8)14(16)17)7-19-11-2-1-5-18-11/h1-6H,7H2,(H2,13,15). The van der Waals surface area contributed by atoms with Crippen LogP contribution < -0.4 is 5.73 Å². The fourth-order valence-corrected chi connectivity index (χ4v) is 3.28. The average molecular weight is 294 g/mol. The van der Waals surface area contributed by atoms with Gasteiger partial charge in [-0.3, -0.25) is 14.9 Å². The molecule has 2 aromatic rings. The number of carbonyl (C=O) groups excluding carboxylic acids is 1. The van der Waals surface area contributed by atoms with Crippen molar-refractivity contribution < 1.29 is 9.72 Å². The van der Waals surface area contributed by atoms with Crippen LogP contribution in [0.15, 0.2) is 39.9 Å². The van der Waals surface area contributed by atoms with Gasteiger partial charge >= 0.3 is 0 Å². The summed E-state index contributed by atoms with van der Waals surface area (Å²) in [5, 5.41) is 13.0. The number of thiophene rings is 1. The minimum absolute atomic E-state index is 0.0691. The number of thioether (sulfide) groups is 1. The van der Waals surface area contributed by atoms with E-state index in [1.54, 1.807) is 17.4 Å². The van der Waals surface area contributed by atoms with Gasteiger partial charge in [-0.05, 0) is 17.5 Å². The zero-order chi connectivity index (χ0) is 13.8. The summed E-state index contributed by atoms with van der Waals surface area (Å²) >= 11 is 3.11. The Bertz CT molecular complexity index is 611. The summed E-state index contributed by atoms with van der Waals surface area (Å²) in [6.45, 7) is 0. The van der Waals surface area contributed by atoms with E-state index in [9.17, 15) is 14.9 Å². The maximum absolute atomic E-state index is 11.0. The molecule has 2 rings (SSSR count). The molecule has 1 aromatic heterocycles. The fourth-order valence-electron chi connectivity index (χ4n) is 1.50. The minimum Gasteiger partial charge on any atom is -0.366 e. The quantitative estimate of drug-likeness (QED) is 0.521. The molecule has 7 heteroatoms. The fraction of sp³-hybridized carbons (Fsp3) is 0.0833. The number of rotatable bonds is 5. The number of nitro benzene ring substituents is 1. The lowest BCUT2D eigenvalue weighted by atomic mass is 10.1. The molecule has 5 nitrogen and oxygen atoms in total. The van der Waals surface area contributed by atoms with Crippen LogP contribution in [0.25, 0.3) is 0 Å². The zero-order valence-corrected chi connectivity index (χ0v) is 11.4. The van der Waals surface area contributed by atoms with Gasteiger partial charge in [0.25, 0.3) is 5.69 Å². The SMILES string of the molecule is NC(=O)c1ccc(CSc2cccs2)c([N+](=O)[O-])c1. The average Bonchev–Trinajstić information content (AvgIpc) is 2.89. The molecule has 0 aliphatic rings. The van der Waals surface area contributed by atoms with Crippen LogP contribution in [0, 0.1) is 10.1 Å². The number of hydrogen-bond acceptors (Lipinski definition) is 5. The summed E-state index contributed by atoms with van der Waals surface area (Å²) in [6, 6.07) is 8.21. The number of nitrogens with two attached hydrogens (primary N) is 1. The summed E-state index contributed by atoms with van der Waals surface area (Å²) < 4.78 is 1.09. The molecule has 2 N–H and O–H groups in total. The molecule has 0 aliphatic carbocycles. The molecule has 0 atom stereocenters. The van der Waals surface area contributed by atoms with E-state index in [-0.39, 0.29) is 11.3 Å². The molecule has 98 valence electrons. The largest absolute Gasteiger partial charge is 0.366 e. The molecular weight excluding hydrogens is 284 g/mol. The third kappa shape index (κ3) is 3.33.